The van der Waals surface area contributed by atoms with Gasteiger partial charge in [0.25, 0.3) is 5.56 Å². The number of methoxy groups -OCH3 is 1. The van der Waals surface area contributed by atoms with Crippen LogP contribution in [-0.2, 0) is 19.6 Å². The summed E-state index contributed by atoms with van der Waals surface area (Å²) in [5.41, 5.74) is 4.40. The second-order valence-electron chi connectivity index (χ2n) is 8.31. The molecular formula is C28H24FN3O2S. The molecule has 7 heteroatoms. The van der Waals surface area contributed by atoms with Crippen molar-refractivity contribution in [2.45, 2.75) is 19.6 Å². The molecule has 35 heavy (non-hydrogen) atoms. The van der Waals surface area contributed by atoms with Crippen molar-refractivity contribution in [2.24, 2.45) is 0 Å². The molecule has 0 N–H and O–H groups in total. The van der Waals surface area contributed by atoms with Crippen molar-refractivity contribution in [2.75, 3.05) is 7.11 Å². The fourth-order valence-electron chi connectivity index (χ4n) is 4.09. The van der Waals surface area contributed by atoms with Gasteiger partial charge in [-0.1, -0.05) is 42.5 Å². The van der Waals surface area contributed by atoms with Crippen LogP contribution in [0.5, 0.6) is 5.75 Å². The maximum Gasteiger partial charge on any atom is 0.259 e. The van der Waals surface area contributed by atoms with Gasteiger partial charge in [-0.25, -0.2) is 9.37 Å². The molecule has 0 aliphatic rings. The van der Waals surface area contributed by atoms with Gasteiger partial charge in [0.1, 0.15) is 11.6 Å². The van der Waals surface area contributed by atoms with Crippen LogP contribution in [-0.4, -0.2) is 21.4 Å². The molecule has 5 nitrogen and oxygen atoms in total. The smallest absolute Gasteiger partial charge is 0.259 e. The molecule has 0 fully saturated rings. The van der Waals surface area contributed by atoms with Gasteiger partial charge in [0.15, 0.2) is 4.96 Å². The molecular weight excluding hydrogens is 461 g/mol. The van der Waals surface area contributed by atoms with Crippen LogP contribution in [0.25, 0.3) is 16.2 Å². The standard InChI is InChI=1S/C28H24FN3O2S/c1-34-25-13-7-21(8-14-25)17-31(16-20-5-3-2-4-6-20)18-24-15-27(33)32-26(19-35-28(32)30-24)22-9-11-23(29)12-10-22/h2-15,19H,16-18H2,1H3. The number of rotatable bonds is 8. The van der Waals surface area contributed by atoms with Gasteiger partial charge in [-0.15, -0.1) is 11.3 Å². The Morgan fingerprint density at radius 2 is 1.60 bits per heavy atom. The Morgan fingerprint density at radius 3 is 2.29 bits per heavy atom. The first-order chi connectivity index (χ1) is 17.1. The highest BCUT2D eigenvalue weighted by Crippen LogP contribution is 2.25. The van der Waals surface area contributed by atoms with Crippen molar-refractivity contribution in [3.8, 4) is 17.0 Å². The molecule has 5 rings (SSSR count). The lowest BCUT2D eigenvalue weighted by atomic mass is 10.1. The Hall–Kier alpha value is -3.81. The minimum Gasteiger partial charge on any atom is -0.497 e. The van der Waals surface area contributed by atoms with Crippen molar-refractivity contribution in [1.29, 1.82) is 0 Å². The van der Waals surface area contributed by atoms with Gasteiger partial charge in [0.05, 0.1) is 18.5 Å². The summed E-state index contributed by atoms with van der Waals surface area (Å²) in [4.78, 5) is 20.8. The van der Waals surface area contributed by atoms with Crippen LogP contribution in [0.4, 0.5) is 4.39 Å². The highest BCUT2D eigenvalue weighted by molar-refractivity contribution is 7.15. The average Bonchev–Trinajstić information content (AvgIpc) is 3.30. The Balaban J connectivity index is 1.44. The van der Waals surface area contributed by atoms with Crippen molar-refractivity contribution in [3.63, 3.8) is 0 Å². The molecule has 0 amide bonds. The van der Waals surface area contributed by atoms with Crippen LogP contribution in [0.15, 0.2) is 95.1 Å². The Labute approximate surface area is 206 Å². The number of ether oxygens (including phenoxy) is 1. The zero-order chi connectivity index (χ0) is 24.2. The SMILES string of the molecule is COc1ccc(CN(Cc2ccccc2)Cc2cc(=O)n3c(-c4ccc(F)cc4)csc3n2)cc1. The van der Waals surface area contributed by atoms with Gasteiger partial charge < -0.3 is 4.74 Å². The monoisotopic (exact) mass is 485 g/mol. The van der Waals surface area contributed by atoms with Gasteiger partial charge >= 0.3 is 0 Å². The normalized spacial score (nSPS) is 11.3. The number of hydrogen-bond acceptors (Lipinski definition) is 5. The summed E-state index contributed by atoms with van der Waals surface area (Å²) in [6, 6.07) is 26.0. The van der Waals surface area contributed by atoms with E-state index in [0.717, 1.165) is 23.4 Å². The van der Waals surface area contributed by atoms with E-state index in [9.17, 15) is 9.18 Å². The van der Waals surface area contributed by atoms with E-state index < -0.39 is 0 Å². The molecule has 3 aromatic carbocycles. The minimum absolute atomic E-state index is 0.144. The predicted molar refractivity (Wildman–Crippen MR) is 137 cm³/mol. The first-order valence-electron chi connectivity index (χ1n) is 11.2. The van der Waals surface area contributed by atoms with E-state index in [1.54, 1.807) is 29.7 Å². The van der Waals surface area contributed by atoms with E-state index in [1.165, 1.54) is 29.0 Å². The number of halogens is 1. The predicted octanol–water partition coefficient (Wildman–Crippen LogP) is 5.77. The lowest BCUT2D eigenvalue weighted by Crippen LogP contribution is -2.25. The molecule has 0 unspecified atom stereocenters. The first kappa shape index (κ1) is 23.0. The van der Waals surface area contributed by atoms with E-state index >= 15 is 0 Å². The maximum atomic E-state index is 13.4. The lowest BCUT2D eigenvalue weighted by Gasteiger charge is -2.22. The van der Waals surface area contributed by atoms with Gasteiger partial charge in [0.2, 0.25) is 0 Å². The number of aromatic nitrogens is 2. The van der Waals surface area contributed by atoms with Crippen molar-refractivity contribution >= 4 is 16.3 Å². The summed E-state index contributed by atoms with van der Waals surface area (Å²) in [7, 11) is 1.66. The minimum atomic E-state index is -0.309. The van der Waals surface area contributed by atoms with E-state index in [1.807, 2.05) is 35.7 Å². The Bertz CT molecular complexity index is 1480. The molecule has 0 aliphatic heterocycles. The molecule has 0 saturated carbocycles. The summed E-state index contributed by atoms with van der Waals surface area (Å²) >= 11 is 1.41. The average molecular weight is 486 g/mol. The summed E-state index contributed by atoms with van der Waals surface area (Å²) in [5, 5.41) is 1.89. The molecule has 2 aromatic heterocycles. The molecule has 0 spiro atoms. The van der Waals surface area contributed by atoms with Gasteiger partial charge in [-0.2, -0.15) is 0 Å². The number of thiazole rings is 1. The van der Waals surface area contributed by atoms with Crippen LogP contribution in [0.1, 0.15) is 16.8 Å². The number of nitrogens with zero attached hydrogens (tertiary/aromatic N) is 3. The molecule has 176 valence electrons. The molecule has 0 radical (unpaired) electrons. The summed E-state index contributed by atoms with van der Waals surface area (Å²) < 4.78 is 20.2. The highest BCUT2D eigenvalue weighted by atomic mass is 32.1. The van der Waals surface area contributed by atoms with Crippen LogP contribution in [0.2, 0.25) is 0 Å². The van der Waals surface area contributed by atoms with Crippen LogP contribution in [0.3, 0.4) is 0 Å². The fraction of sp³-hybridized carbons (Fsp3) is 0.143. The summed E-state index contributed by atoms with van der Waals surface area (Å²) in [5.74, 6) is 0.509. The third kappa shape index (κ3) is 5.31. The second kappa shape index (κ2) is 10.2. The van der Waals surface area contributed by atoms with Crippen LogP contribution >= 0.6 is 11.3 Å². The van der Waals surface area contributed by atoms with Gasteiger partial charge in [-0.3, -0.25) is 14.1 Å². The van der Waals surface area contributed by atoms with Crippen molar-refractivity contribution in [1.82, 2.24) is 14.3 Å². The summed E-state index contributed by atoms with van der Waals surface area (Å²) in [6.45, 7) is 1.95. The van der Waals surface area contributed by atoms with E-state index in [0.29, 0.717) is 29.4 Å². The molecule has 0 atom stereocenters. The first-order valence-corrected chi connectivity index (χ1v) is 12.1. The number of benzene rings is 3. The molecule has 0 aliphatic carbocycles. The number of fused-ring (bicyclic) bond motifs is 1. The van der Waals surface area contributed by atoms with Gasteiger partial charge in [0, 0.05) is 31.1 Å². The third-order valence-corrected chi connectivity index (χ3v) is 6.62. The maximum absolute atomic E-state index is 13.4. The largest absolute Gasteiger partial charge is 0.497 e. The molecule has 5 aromatic rings. The van der Waals surface area contributed by atoms with Gasteiger partial charge in [-0.05, 0) is 53.1 Å². The van der Waals surface area contributed by atoms with Crippen LogP contribution in [0, 0.1) is 5.82 Å². The molecule has 0 saturated heterocycles. The number of hydrogen-bond donors (Lipinski definition) is 0. The van der Waals surface area contributed by atoms with Crippen molar-refractivity contribution in [3.05, 3.63) is 123 Å². The van der Waals surface area contributed by atoms with E-state index in [-0.39, 0.29) is 11.4 Å². The van der Waals surface area contributed by atoms with Crippen molar-refractivity contribution < 1.29 is 9.13 Å². The zero-order valence-electron chi connectivity index (χ0n) is 19.2. The lowest BCUT2D eigenvalue weighted by molar-refractivity contribution is 0.244. The zero-order valence-corrected chi connectivity index (χ0v) is 20.0. The van der Waals surface area contributed by atoms with E-state index in [2.05, 4.69) is 29.2 Å². The topological polar surface area (TPSA) is 46.8 Å². The van der Waals surface area contributed by atoms with E-state index in [4.69, 9.17) is 9.72 Å². The Kier molecular flexibility index (Phi) is 6.70. The quantitative estimate of drug-likeness (QED) is 0.280. The Morgan fingerprint density at radius 1 is 0.914 bits per heavy atom. The second-order valence-corrected chi connectivity index (χ2v) is 9.15. The summed E-state index contributed by atoms with van der Waals surface area (Å²) in [6.07, 6.45) is 0. The molecule has 2 heterocycles. The highest BCUT2D eigenvalue weighted by Gasteiger charge is 2.14. The molecule has 0 bridgehead atoms. The third-order valence-electron chi connectivity index (χ3n) is 5.80. The fourth-order valence-corrected chi connectivity index (χ4v) is 5.02. The van der Waals surface area contributed by atoms with Crippen LogP contribution < -0.4 is 10.3 Å².